The van der Waals surface area contributed by atoms with Crippen LogP contribution in [0, 0.1) is 5.92 Å². The van der Waals surface area contributed by atoms with E-state index in [1.165, 1.54) is 12.8 Å². The molecule has 1 aliphatic carbocycles. The SMILES string of the molecule is CC(C)CN(CC(=O)O)C1CCN(C2CC2)C1. The first kappa shape index (κ1) is 12.8. The highest BCUT2D eigenvalue weighted by atomic mass is 16.4. The fourth-order valence-corrected chi connectivity index (χ4v) is 2.82. The highest BCUT2D eigenvalue weighted by molar-refractivity contribution is 5.69. The molecular weight excluding hydrogens is 216 g/mol. The van der Waals surface area contributed by atoms with Crippen LogP contribution in [0.25, 0.3) is 0 Å². The van der Waals surface area contributed by atoms with Crippen molar-refractivity contribution in [2.75, 3.05) is 26.2 Å². The van der Waals surface area contributed by atoms with Crippen LogP contribution < -0.4 is 0 Å². The van der Waals surface area contributed by atoms with Gasteiger partial charge in [-0.25, -0.2) is 0 Å². The van der Waals surface area contributed by atoms with Gasteiger partial charge in [0.25, 0.3) is 0 Å². The van der Waals surface area contributed by atoms with Crippen LogP contribution in [-0.2, 0) is 4.79 Å². The van der Waals surface area contributed by atoms with Gasteiger partial charge in [-0.15, -0.1) is 0 Å². The van der Waals surface area contributed by atoms with Gasteiger partial charge in [-0.2, -0.15) is 0 Å². The third-order valence-corrected chi connectivity index (χ3v) is 3.71. The Hall–Kier alpha value is -0.610. The van der Waals surface area contributed by atoms with Crippen molar-refractivity contribution in [3.05, 3.63) is 0 Å². The molecule has 1 unspecified atom stereocenters. The molecule has 0 amide bonds. The number of carboxylic acid groups (broad SMARTS) is 1. The number of aliphatic carboxylic acids is 1. The largest absolute Gasteiger partial charge is 0.480 e. The highest BCUT2D eigenvalue weighted by Gasteiger charge is 2.36. The van der Waals surface area contributed by atoms with Crippen LogP contribution in [-0.4, -0.2) is 59.1 Å². The van der Waals surface area contributed by atoms with E-state index >= 15 is 0 Å². The molecule has 1 saturated heterocycles. The highest BCUT2D eigenvalue weighted by Crippen LogP contribution is 2.31. The normalized spacial score (nSPS) is 26.0. The monoisotopic (exact) mass is 240 g/mol. The fraction of sp³-hybridized carbons (Fsp3) is 0.923. The Bertz CT molecular complexity index is 277. The van der Waals surface area contributed by atoms with Gasteiger partial charge in [0.2, 0.25) is 0 Å². The third kappa shape index (κ3) is 3.68. The first-order valence-electron chi connectivity index (χ1n) is 6.76. The van der Waals surface area contributed by atoms with Crippen LogP contribution in [0.15, 0.2) is 0 Å². The average Bonchev–Trinajstić information content (AvgIpc) is 2.94. The molecular formula is C13H24N2O2. The summed E-state index contributed by atoms with van der Waals surface area (Å²) < 4.78 is 0. The van der Waals surface area contributed by atoms with Crippen LogP contribution in [0.5, 0.6) is 0 Å². The van der Waals surface area contributed by atoms with Gasteiger partial charge in [-0.3, -0.25) is 14.6 Å². The topological polar surface area (TPSA) is 43.8 Å². The van der Waals surface area contributed by atoms with Crippen molar-refractivity contribution < 1.29 is 9.90 Å². The summed E-state index contributed by atoms with van der Waals surface area (Å²) in [6, 6.07) is 1.26. The smallest absolute Gasteiger partial charge is 0.317 e. The van der Waals surface area contributed by atoms with Gasteiger partial charge in [0.1, 0.15) is 0 Å². The van der Waals surface area contributed by atoms with Gasteiger partial charge in [0, 0.05) is 31.7 Å². The van der Waals surface area contributed by atoms with Gasteiger partial charge in [-0.05, 0) is 25.2 Å². The molecule has 1 aliphatic heterocycles. The molecule has 2 aliphatic rings. The van der Waals surface area contributed by atoms with Crippen molar-refractivity contribution in [3.63, 3.8) is 0 Å². The van der Waals surface area contributed by atoms with Gasteiger partial charge < -0.3 is 5.11 Å². The first-order chi connectivity index (χ1) is 8.06. The summed E-state index contributed by atoms with van der Waals surface area (Å²) in [7, 11) is 0. The van der Waals surface area contributed by atoms with E-state index in [4.69, 9.17) is 5.11 Å². The van der Waals surface area contributed by atoms with Crippen molar-refractivity contribution in [2.45, 2.75) is 45.2 Å². The second-order valence-electron chi connectivity index (χ2n) is 5.89. The lowest BCUT2D eigenvalue weighted by Gasteiger charge is -2.29. The van der Waals surface area contributed by atoms with Crippen LogP contribution >= 0.6 is 0 Å². The van der Waals surface area contributed by atoms with Crippen LogP contribution in [0.4, 0.5) is 0 Å². The van der Waals surface area contributed by atoms with Crippen molar-refractivity contribution in [1.29, 1.82) is 0 Å². The van der Waals surface area contributed by atoms with Gasteiger partial charge in [-0.1, -0.05) is 13.8 Å². The summed E-state index contributed by atoms with van der Waals surface area (Å²) in [4.78, 5) is 15.6. The lowest BCUT2D eigenvalue weighted by Crippen LogP contribution is -2.43. The predicted molar refractivity (Wildman–Crippen MR) is 67.0 cm³/mol. The van der Waals surface area contributed by atoms with E-state index in [-0.39, 0.29) is 6.54 Å². The number of carboxylic acids is 1. The van der Waals surface area contributed by atoms with E-state index in [1.54, 1.807) is 0 Å². The molecule has 0 aromatic carbocycles. The third-order valence-electron chi connectivity index (χ3n) is 3.71. The molecule has 98 valence electrons. The number of nitrogens with zero attached hydrogens (tertiary/aromatic N) is 2. The van der Waals surface area contributed by atoms with Crippen LogP contribution in [0.1, 0.15) is 33.1 Å². The molecule has 1 saturated carbocycles. The molecule has 2 fully saturated rings. The molecule has 0 aromatic rings. The Kier molecular flexibility index (Phi) is 4.05. The Morgan fingerprint density at radius 1 is 1.41 bits per heavy atom. The Labute approximate surface area is 104 Å². The first-order valence-corrected chi connectivity index (χ1v) is 6.76. The van der Waals surface area contributed by atoms with E-state index in [0.29, 0.717) is 12.0 Å². The van der Waals surface area contributed by atoms with Gasteiger partial charge in [0.15, 0.2) is 0 Å². The van der Waals surface area contributed by atoms with Gasteiger partial charge in [0.05, 0.1) is 6.54 Å². The zero-order valence-corrected chi connectivity index (χ0v) is 10.9. The summed E-state index contributed by atoms with van der Waals surface area (Å²) in [6.07, 6.45) is 3.82. The maximum Gasteiger partial charge on any atom is 0.317 e. The van der Waals surface area contributed by atoms with E-state index in [9.17, 15) is 4.79 Å². The molecule has 1 N–H and O–H groups in total. The van der Waals surface area contributed by atoms with Gasteiger partial charge >= 0.3 is 5.97 Å². The van der Waals surface area contributed by atoms with Crippen LogP contribution in [0.3, 0.4) is 0 Å². The molecule has 0 spiro atoms. The van der Waals surface area contributed by atoms with Crippen molar-refractivity contribution in [2.24, 2.45) is 5.92 Å². The number of hydrogen-bond donors (Lipinski definition) is 1. The maximum absolute atomic E-state index is 10.9. The molecule has 0 aromatic heterocycles. The molecule has 1 atom stereocenters. The predicted octanol–water partition coefficient (Wildman–Crippen LogP) is 1.27. The second-order valence-corrected chi connectivity index (χ2v) is 5.89. The van der Waals surface area contributed by atoms with Crippen molar-refractivity contribution >= 4 is 5.97 Å². The van der Waals surface area contributed by atoms with Crippen LogP contribution in [0.2, 0.25) is 0 Å². The summed E-state index contributed by atoms with van der Waals surface area (Å²) >= 11 is 0. The Balaban J connectivity index is 1.88. The molecule has 2 rings (SSSR count). The number of rotatable bonds is 6. The standard InChI is InChI=1S/C13H24N2O2/c1-10(2)7-15(9-13(16)17)12-5-6-14(8-12)11-3-4-11/h10-12H,3-9H2,1-2H3,(H,16,17). The summed E-state index contributed by atoms with van der Waals surface area (Å²) in [6.45, 7) is 7.63. The van der Waals surface area contributed by atoms with E-state index in [2.05, 4.69) is 23.6 Å². The fourth-order valence-electron chi connectivity index (χ4n) is 2.82. The lowest BCUT2D eigenvalue weighted by molar-refractivity contribution is -0.139. The average molecular weight is 240 g/mol. The minimum atomic E-state index is -0.699. The number of carbonyl (C=O) groups is 1. The number of likely N-dealkylation sites (tertiary alicyclic amines) is 1. The Morgan fingerprint density at radius 2 is 2.12 bits per heavy atom. The maximum atomic E-state index is 10.9. The molecule has 0 radical (unpaired) electrons. The molecule has 17 heavy (non-hydrogen) atoms. The quantitative estimate of drug-likeness (QED) is 0.759. The van der Waals surface area contributed by atoms with Crippen molar-refractivity contribution in [3.8, 4) is 0 Å². The number of hydrogen-bond acceptors (Lipinski definition) is 3. The van der Waals surface area contributed by atoms with Crippen molar-refractivity contribution in [1.82, 2.24) is 9.80 Å². The molecule has 4 nitrogen and oxygen atoms in total. The molecule has 0 bridgehead atoms. The second kappa shape index (κ2) is 5.36. The lowest BCUT2D eigenvalue weighted by atomic mass is 10.1. The summed E-state index contributed by atoms with van der Waals surface area (Å²) in [5.74, 6) is -0.167. The van der Waals surface area contributed by atoms with E-state index < -0.39 is 5.97 Å². The van der Waals surface area contributed by atoms with E-state index in [0.717, 1.165) is 32.1 Å². The summed E-state index contributed by atoms with van der Waals surface area (Å²) in [5, 5.41) is 8.99. The minimum Gasteiger partial charge on any atom is -0.480 e. The Morgan fingerprint density at radius 3 is 2.65 bits per heavy atom. The molecule has 4 heteroatoms. The zero-order chi connectivity index (χ0) is 12.4. The molecule has 1 heterocycles. The zero-order valence-electron chi connectivity index (χ0n) is 10.9. The summed E-state index contributed by atoms with van der Waals surface area (Å²) in [5.41, 5.74) is 0. The van der Waals surface area contributed by atoms with E-state index in [1.807, 2.05) is 0 Å². The minimum absolute atomic E-state index is 0.196.